The van der Waals surface area contributed by atoms with Crippen molar-refractivity contribution in [1.29, 1.82) is 0 Å². The average molecular weight is 265 g/mol. The first-order valence-corrected chi connectivity index (χ1v) is 6.46. The number of aryl methyl sites for hydroxylation is 2. The number of carboxylic acids is 1. The molecular formula is C17H15NO2. The molecule has 20 heavy (non-hydrogen) atoms. The third kappa shape index (κ3) is 1.97. The van der Waals surface area contributed by atoms with Gasteiger partial charge in [0.2, 0.25) is 0 Å². The van der Waals surface area contributed by atoms with Gasteiger partial charge >= 0.3 is 5.97 Å². The predicted molar refractivity (Wildman–Crippen MR) is 80.1 cm³/mol. The van der Waals surface area contributed by atoms with Crippen molar-refractivity contribution in [3.05, 3.63) is 59.8 Å². The van der Waals surface area contributed by atoms with Crippen LogP contribution in [0.25, 0.3) is 22.0 Å². The van der Waals surface area contributed by atoms with E-state index in [-0.39, 0.29) is 0 Å². The number of hydrogen-bond donors (Lipinski definition) is 1. The average Bonchev–Trinajstić information content (AvgIpc) is 2.77. The molecule has 3 nitrogen and oxygen atoms in total. The molecule has 0 radical (unpaired) electrons. The normalized spacial score (nSPS) is 10.9. The molecule has 1 aromatic heterocycles. The Morgan fingerprint density at radius 2 is 1.65 bits per heavy atom. The third-order valence-electron chi connectivity index (χ3n) is 3.65. The van der Waals surface area contributed by atoms with E-state index >= 15 is 0 Å². The highest BCUT2D eigenvalue weighted by Crippen LogP contribution is 2.26. The molecule has 0 fully saturated rings. The van der Waals surface area contributed by atoms with Crippen LogP contribution in [-0.4, -0.2) is 15.6 Å². The van der Waals surface area contributed by atoms with E-state index in [1.165, 1.54) is 5.56 Å². The minimum atomic E-state index is -0.902. The Kier molecular flexibility index (Phi) is 2.83. The van der Waals surface area contributed by atoms with Crippen molar-refractivity contribution in [2.45, 2.75) is 6.92 Å². The summed E-state index contributed by atoms with van der Waals surface area (Å²) in [6, 6.07) is 16.0. The lowest BCUT2D eigenvalue weighted by molar-refractivity contribution is 0.0687. The standard InChI is InChI=1S/C17H15NO2/c1-11-3-5-12(6-4-11)13-7-8-14-10-16(17(19)20)18(2)15(14)9-13/h3-10H,1-2H3,(H,19,20). The summed E-state index contributed by atoms with van der Waals surface area (Å²) in [5.74, 6) is -0.902. The molecule has 1 N–H and O–H groups in total. The Balaban J connectivity index is 2.17. The van der Waals surface area contributed by atoms with Crippen LogP contribution in [0.4, 0.5) is 0 Å². The van der Waals surface area contributed by atoms with Crippen LogP contribution >= 0.6 is 0 Å². The van der Waals surface area contributed by atoms with Gasteiger partial charge in [-0.2, -0.15) is 0 Å². The highest BCUT2D eigenvalue weighted by atomic mass is 16.4. The first-order chi connectivity index (χ1) is 9.56. The molecule has 0 aliphatic rings. The summed E-state index contributed by atoms with van der Waals surface area (Å²) in [4.78, 5) is 11.2. The van der Waals surface area contributed by atoms with Gasteiger partial charge < -0.3 is 9.67 Å². The molecule has 0 saturated carbocycles. The van der Waals surface area contributed by atoms with Gasteiger partial charge in [-0.25, -0.2) is 4.79 Å². The Labute approximate surface area is 117 Å². The minimum Gasteiger partial charge on any atom is -0.477 e. The molecule has 3 aromatic rings. The summed E-state index contributed by atoms with van der Waals surface area (Å²) >= 11 is 0. The van der Waals surface area contributed by atoms with Crippen molar-refractivity contribution >= 4 is 16.9 Å². The van der Waals surface area contributed by atoms with Crippen LogP contribution in [0.15, 0.2) is 48.5 Å². The fourth-order valence-electron chi connectivity index (χ4n) is 2.46. The molecule has 0 atom stereocenters. The molecule has 0 aliphatic carbocycles. The van der Waals surface area contributed by atoms with Crippen LogP contribution in [0.1, 0.15) is 16.1 Å². The molecule has 1 heterocycles. The Bertz CT molecular complexity index is 798. The van der Waals surface area contributed by atoms with Gasteiger partial charge in [0.15, 0.2) is 0 Å². The zero-order chi connectivity index (χ0) is 14.3. The number of rotatable bonds is 2. The number of aromatic carboxylic acids is 1. The van der Waals surface area contributed by atoms with Gasteiger partial charge in [0, 0.05) is 18.0 Å². The molecule has 2 aromatic carbocycles. The lowest BCUT2D eigenvalue weighted by Gasteiger charge is -2.04. The van der Waals surface area contributed by atoms with Crippen LogP contribution in [0.3, 0.4) is 0 Å². The summed E-state index contributed by atoms with van der Waals surface area (Å²) in [6.45, 7) is 2.06. The second-order valence-electron chi connectivity index (χ2n) is 5.03. The summed E-state index contributed by atoms with van der Waals surface area (Å²) in [5.41, 5.74) is 4.69. The highest BCUT2D eigenvalue weighted by molar-refractivity contribution is 5.95. The van der Waals surface area contributed by atoms with Crippen molar-refractivity contribution < 1.29 is 9.90 Å². The maximum absolute atomic E-state index is 11.2. The Hall–Kier alpha value is -2.55. The molecule has 0 aliphatic heterocycles. The maximum Gasteiger partial charge on any atom is 0.352 e. The Morgan fingerprint density at radius 1 is 1.00 bits per heavy atom. The summed E-state index contributed by atoms with van der Waals surface area (Å²) in [5, 5.41) is 10.1. The largest absolute Gasteiger partial charge is 0.477 e. The number of nitrogens with zero attached hydrogens (tertiary/aromatic N) is 1. The van der Waals surface area contributed by atoms with Crippen molar-refractivity contribution in [2.75, 3.05) is 0 Å². The molecule has 3 rings (SSSR count). The number of carboxylic acid groups (broad SMARTS) is 1. The molecular weight excluding hydrogens is 250 g/mol. The fraction of sp³-hybridized carbons (Fsp3) is 0.118. The number of aromatic nitrogens is 1. The van der Waals surface area contributed by atoms with E-state index in [4.69, 9.17) is 5.11 Å². The SMILES string of the molecule is Cc1ccc(-c2ccc3cc(C(=O)O)n(C)c3c2)cc1. The van der Waals surface area contributed by atoms with E-state index in [9.17, 15) is 4.79 Å². The molecule has 0 saturated heterocycles. The van der Waals surface area contributed by atoms with Gasteiger partial charge in [0.25, 0.3) is 0 Å². The van der Waals surface area contributed by atoms with Gasteiger partial charge in [-0.3, -0.25) is 0 Å². The van der Waals surface area contributed by atoms with Gasteiger partial charge in [-0.1, -0.05) is 42.0 Å². The van der Waals surface area contributed by atoms with Crippen molar-refractivity contribution in [1.82, 2.24) is 4.57 Å². The van der Waals surface area contributed by atoms with Crippen LogP contribution in [0.2, 0.25) is 0 Å². The fourth-order valence-corrected chi connectivity index (χ4v) is 2.46. The number of carbonyl (C=O) groups is 1. The number of fused-ring (bicyclic) bond motifs is 1. The second kappa shape index (κ2) is 4.53. The lowest BCUT2D eigenvalue weighted by Crippen LogP contribution is -2.03. The smallest absolute Gasteiger partial charge is 0.352 e. The minimum absolute atomic E-state index is 0.307. The summed E-state index contributed by atoms with van der Waals surface area (Å²) < 4.78 is 1.72. The quantitative estimate of drug-likeness (QED) is 0.764. The van der Waals surface area contributed by atoms with Crippen LogP contribution < -0.4 is 0 Å². The number of hydrogen-bond acceptors (Lipinski definition) is 1. The zero-order valence-electron chi connectivity index (χ0n) is 11.4. The van der Waals surface area contributed by atoms with Gasteiger partial charge in [0.1, 0.15) is 5.69 Å². The molecule has 0 bridgehead atoms. The topological polar surface area (TPSA) is 42.2 Å². The monoisotopic (exact) mass is 265 g/mol. The van der Waals surface area contributed by atoms with E-state index in [0.717, 1.165) is 22.0 Å². The maximum atomic E-state index is 11.2. The molecule has 3 heteroatoms. The molecule has 0 unspecified atom stereocenters. The highest BCUT2D eigenvalue weighted by Gasteiger charge is 2.12. The van der Waals surface area contributed by atoms with E-state index in [1.54, 1.807) is 17.7 Å². The van der Waals surface area contributed by atoms with Crippen LogP contribution in [0.5, 0.6) is 0 Å². The van der Waals surface area contributed by atoms with Crippen LogP contribution in [-0.2, 0) is 7.05 Å². The first-order valence-electron chi connectivity index (χ1n) is 6.46. The van der Waals surface area contributed by atoms with Crippen molar-refractivity contribution in [2.24, 2.45) is 7.05 Å². The molecule has 0 amide bonds. The summed E-state index contributed by atoms with van der Waals surface area (Å²) in [7, 11) is 1.78. The molecule has 100 valence electrons. The van der Waals surface area contributed by atoms with Crippen molar-refractivity contribution in [3.8, 4) is 11.1 Å². The number of benzene rings is 2. The predicted octanol–water partition coefficient (Wildman–Crippen LogP) is 3.85. The first kappa shape index (κ1) is 12.5. The van der Waals surface area contributed by atoms with Gasteiger partial charge in [-0.05, 0) is 30.2 Å². The van der Waals surface area contributed by atoms with E-state index in [0.29, 0.717) is 5.69 Å². The summed E-state index contributed by atoms with van der Waals surface area (Å²) in [6.07, 6.45) is 0. The third-order valence-corrected chi connectivity index (χ3v) is 3.65. The van der Waals surface area contributed by atoms with E-state index in [1.807, 2.05) is 18.2 Å². The second-order valence-corrected chi connectivity index (χ2v) is 5.03. The molecule has 0 spiro atoms. The Morgan fingerprint density at radius 3 is 2.30 bits per heavy atom. The lowest BCUT2D eigenvalue weighted by atomic mass is 10.0. The van der Waals surface area contributed by atoms with E-state index < -0.39 is 5.97 Å². The van der Waals surface area contributed by atoms with Crippen LogP contribution in [0, 0.1) is 6.92 Å². The van der Waals surface area contributed by atoms with Gasteiger partial charge in [-0.15, -0.1) is 0 Å². The van der Waals surface area contributed by atoms with E-state index in [2.05, 4.69) is 31.2 Å². The van der Waals surface area contributed by atoms with Gasteiger partial charge in [0.05, 0.1) is 0 Å². The van der Waals surface area contributed by atoms with Crippen molar-refractivity contribution in [3.63, 3.8) is 0 Å². The zero-order valence-corrected chi connectivity index (χ0v) is 11.4.